The van der Waals surface area contributed by atoms with Gasteiger partial charge in [-0.15, -0.1) is 10.2 Å². The number of nitrogens with zero attached hydrogens (tertiary/aromatic N) is 4. The van der Waals surface area contributed by atoms with Gasteiger partial charge in [0.1, 0.15) is 12.4 Å². The minimum atomic E-state index is -0.223. The minimum Gasteiger partial charge on any atom is -0.438 e. The van der Waals surface area contributed by atoms with E-state index < -0.39 is 0 Å². The summed E-state index contributed by atoms with van der Waals surface area (Å²) in [7, 11) is 0. The first-order valence-electron chi connectivity index (χ1n) is 9.29. The summed E-state index contributed by atoms with van der Waals surface area (Å²) in [5.74, 6) is 1.31. The third-order valence-electron chi connectivity index (χ3n) is 4.07. The Kier molecular flexibility index (Phi) is 6.07. The first-order valence-corrected chi connectivity index (χ1v) is 9.29. The second kappa shape index (κ2) is 9.44. The Balaban J connectivity index is 1.26. The zero-order chi connectivity index (χ0) is 20.6. The molecular weight excluding hydrogens is 382 g/mol. The number of hydrogen-bond donors (Lipinski definition) is 1. The second-order valence-electron chi connectivity index (χ2n) is 6.33. The molecule has 150 valence electrons. The van der Waals surface area contributed by atoms with E-state index in [9.17, 15) is 4.79 Å². The zero-order valence-corrected chi connectivity index (χ0v) is 16.0. The molecule has 8 nitrogen and oxygen atoms in total. The van der Waals surface area contributed by atoms with Crippen LogP contribution in [0.1, 0.15) is 5.56 Å². The molecule has 4 rings (SSSR count). The standard InChI is InChI=1S/C22H19N5O3/c28-21(16-29-15-17-5-2-1-3-6-17)24-18-7-9-19(10-8-18)30-22-12-11-20(25-26-22)27-14-4-13-23-27/h1-14H,15-16H2,(H,24,28). The summed E-state index contributed by atoms with van der Waals surface area (Å²) < 4.78 is 12.7. The summed E-state index contributed by atoms with van der Waals surface area (Å²) in [6.45, 7) is 0.368. The van der Waals surface area contributed by atoms with Gasteiger partial charge in [-0.3, -0.25) is 4.79 Å². The average molecular weight is 401 g/mol. The molecule has 4 aromatic rings. The number of rotatable bonds is 8. The third-order valence-corrected chi connectivity index (χ3v) is 4.07. The van der Waals surface area contributed by atoms with Crippen molar-refractivity contribution in [1.29, 1.82) is 0 Å². The van der Waals surface area contributed by atoms with Crippen LogP contribution in [0.4, 0.5) is 5.69 Å². The number of carbonyl (C=O) groups excluding carboxylic acids is 1. The molecule has 1 N–H and O–H groups in total. The van der Waals surface area contributed by atoms with Crippen LogP contribution < -0.4 is 10.1 Å². The minimum absolute atomic E-state index is 0.0225. The highest BCUT2D eigenvalue weighted by Gasteiger charge is 2.05. The Morgan fingerprint density at radius 2 is 1.77 bits per heavy atom. The topological polar surface area (TPSA) is 91.2 Å². The van der Waals surface area contributed by atoms with Gasteiger partial charge < -0.3 is 14.8 Å². The van der Waals surface area contributed by atoms with E-state index in [1.54, 1.807) is 53.5 Å². The van der Waals surface area contributed by atoms with Crippen LogP contribution in [-0.4, -0.2) is 32.5 Å². The molecule has 30 heavy (non-hydrogen) atoms. The van der Waals surface area contributed by atoms with E-state index in [0.29, 0.717) is 29.7 Å². The predicted octanol–water partition coefficient (Wildman–Crippen LogP) is 3.61. The van der Waals surface area contributed by atoms with Crippen LogP contribution in [0, 0.1) is 0 Å². The molecule has 0 bridgehead atoms. The van der Waals surface area contributed by atoms with Crippen LogP contribution in [0.5, 0.6) is 11.6 Å². The maximum Gasteiger partial charge on any atom is 0.250 e. The van der Waals surface area contributed by atoms with Gasteiger partial charge in [0.2, 0.25) is 11.8 Å². The van der Waals surface area contributed by atoms with Gasteiger partial charge >= 0.3 is 0 Å². The number of ether oxygens (including phenoxy) is 2. The Hall–Kier alpha value is -4.04. The van der Waals surface area contributed by atoms with E-state index >= 15 is 0 Å². The van der Waals surface area contributed by atoms with E-state index in [4.69, 9.17) is 9.47 Å². The molecule has 0 fully saturated rings. The highest BCUT2D eigenvalue weighted by atomic mass is 16.5. The monoisotopic (exact) mass is 401 g/mol. The molecule has 2 aromatic heterocycles. The normalized spacial score (nSPS) is 10.5. The number of benzene rings is 2. The molecule has 0 atom stereocenters. The number of amides is 1. The van der Waals surface area contributed by atoms with Crippen molar-refractivity contribution in [3.63, 3.8) is 0 Å². The van der Waals surface area contributed by atoms with Crippen LogP contribution in [0.15, 0.2) is 85.2 Å². The van der Waals surface area contributed by atoms with E-state index in [0.717, 1.165) is 5.56 Å². The average Bonchev–Trinajstić information content (AvgIpc) is 3.31. The Labute approximate surface area is 173 Å². The van der Waals surface area contributed by atoms with Crippen molar-refractivity contribution in [3.05, 3.63) is 90.8 Å². The third kappa shape index (κ3) is 5.27. The predicted molar refractivity (Wildman–Crippen MR) is 110 cm³/mol. The first kappa shape index (κ1) is 19.3. The highest BCUT2D eigenvalue weighted by molar-refractivity contribution is 5.91. The maximum absolute atomic E-state index is 12.0. The largest absolute Gasteiger partial charge is 0.438 e. The van der Waals surface area contributed by atoms with E-state index in [2.05, 4.69) is 20.6 Å². The van der Waals surface area contributed by atoms with Gasteiger partial charge in [0.15, 0.2) is 5.82 Å². The fourth-order valence-corrected chi connectivity index (χ4v) is 2.65. The highest BCUT2D eigenvalue weighted by Crippen LogP contribution is 2.21. The van der Waals surface area contributed by atoms with Crippen LogP contribution in [-0.2, 0) is 16.1 Å². The molecule has 0 saturated heterocycles. The van der Waals surface area contributed by atoms with Crippen molar-refractivity contribution in [2.24, 2.45) is 0 Å². The lowest BCUT2D eigenvalue weighted by atomic mass is 10.2. The molecule has 0 spiro atoms. The van der Waals surface area contributed by atoms with E-state index in [1.165, 1.54) is 0 Å². The van der Waals surface area contributed by atoms with Gasteiger partial charge in [-0.25, -0.2) is 4.68 Å². The molecule has 0 aliphatic rings. The smallest absolute Gasteiger partial charge is 0.250 e. The molecule has 1 amide bonds. The molecular formula is C22H19N5O3. The summed E-state index contributed by atoms with van der Waals surface area (Å²) in [6.07, 6.45) is 3.45. The lowest BCUT2D eigenvalue weighted by molar-refractivity contribution is -0.121. The summed E-state index contributed by atoms with van der Waals surface area (Å²) in [5, 5.41) is 15.0. The van der Waals surface area contributed by atoms with Gasteiger partial charge in [-0.05, 0) is 42.0 Å². The van der Waals surface area contributed by atoms with Gasteiger partial charge in [0, 0.05) is 24.1 Å². The lowest BCUT2D eigenvalue weighted by Gasteiger charge is -2.08. The molecule has 2 aromatic carbocycles. The Morgan fingerprint density at radius 1 is 0.933 bits per heavy atom. The number of hydrogen-bond acceptors (Lipinski definition) is 6. The molecule has 0 unspecified atom stereocenters. The number of carbonyl (C=O) groups is 1. The molecule has 0 radical (unpaired) electrons. The quantitative estimate of drug-likeness (QED) is 0.485. The molecule has 0 aliphatic carbocycles. The van der Waals surface area contributed by atoms with Crippen molar-refractivity contribution < 1.29 is 14.3 Å². The van der Waals surface area contributed by atoms with Crippen molar-refractivity contribution in [2.45, 2.75) is 6.61 Å². The maximum atomic E-state index is 12.0. The van der Waals surface area contributed by atoms with Crippen LogP contribution in [0.25, 0.3) is 5.82 Å². The molecule has 0 saturated carbocycles. The Bertz CT molecular complexity index is 1070. The molecule has 0 aliphatic heterocycles. The fourth-order valence-electron chi connectivity index (χ4n) is 2.65. The van der Waals surface area contributed by atoms with Crippen LogP contribution in [0.3, 0.4) is 0 Å². The number of aromatic nitrogens is 4. The summed E-state index contributed by atoms with van der Waals surface area (Å²) in [6, 6.07) is 22.0. The lowest BCUT2D eigenvalue weighted by Crippen LogP contribution is -2.18. The second-order valence-corrected chi connectivity index (χ2v) is 6.33. The summed E-state index contributed by atoms with van der Waals surface area (Å²) >= 11 is 0. The first-order chi connectivity index (χ1) is 14.8. The van der Waals surface area contributed by atoms with Crippen LogP contribution in [0.2, 0.25) is 0 Å². The van der Waals surface area contributed by atoms with Gasteiger partial charge in [0.25, 0.3) is 0 Å². The van der Waals surface area contributed by atoms with Gasteiger partial charge in [-0.2, -0.15) is 5.10 Å². The van der Waals surface area contributed by atoms with E-state index in [-0.39, 0.29) is 12.5 Å². The fraction of sp³-hybridized carbons (Fsp3) is 0.0909. The molecule has 2 heterocycles. The number of anilines is 1. The molecule has 8 heteroatoms. The van der Waals surface area contributed by atoms with Gasteiger partial charge in [-0.1, -0.05) is 30.3 Å². The van der Waals surface area contributed by atoms with Crippen molar-refractivity contribution in [3.8, 4) is 17.4 Å². The van der Waals surface area contributed by atoms with Crippen molar-refractivity contribution in [2.75, 3.05) is 11.9 Å². The summed E-state index contributed by atoms with van der Waals surface area (Å²) in [4.78, 5) is 12.0. The Morgan fingerprint density at radius 3 is 2.47 bits per heavy atom. The van der Waals surface area contributed by atoms with Gasteiger partial charge in [0.05, 0.1) is 6.61 Å². The SMILES string of the molecule is O=C(COCc1ccccc1)Nc1ccc(Oc2ccc(-n3cccn3)nn2)cc1. The zero-order valence-electron chi connectivity index (χ0n) is 16.0. The number of nitrogens with one attached hydrogen (secondary N) is 1. The van der Waals surface area contributed by atoms with Crippen molar-refractivity contribution in [1.82, 2.24) is 20.0 Å². The van der Waals surface area contributed by atoms with Crippen molar-refractivity contribution >= 4 is 11.6 Å². The summed E-state index contributed by atoms with van der Waals surface area (Å²) in [5.41, 5.74) is 1.67. The van der Waals surface area contributed by atoms with E-state index in [1.807, 2.05) is 36.4 Å². The van der Waals surface area contributed by atoms with Crippen LogP contribution >= 0.6 is 0 Å².